The number of aliphatic carboxylic acids is 1. The molecule has 0 aliphatic carbocycles. The topological polar surface area (TPSA) is 119 Å². The summed E-state index contributed by atoms with van der Waals surface area (Å²) in [4.78, 5) is 32.3. The molecule has 1 aliphatic heterocycles. The van der Waals surface area contributed by atoms with Gasteiger partial charge < -0.3 is 20.5 Å². The van der Waals surface area contributed by atoms with Crippen LogP contribution in [0.3, 0.4) is 0 Å². The molecule has 0 radical (unpaired) electrons. The molecule has 3 rings (SSSR count). The van der Waals surface area contributed by atoms with Crippen LogP contribution in [-0.4, -0.2) is 58.1 Å². The summed E-state index contributed by atoms with van der Waals surface area (Å²) in [6.07, 6.45) is 5.97. The highest BCUT2D eigenvalue weighted by Gasteiger charge is 2.27. The Morgan fingerprint density at radius 2 is 2.13 bits per heavy atom. The molecule has 8 nitrogen and oxygen atoms in total. The van der Waals surface area contributed by atoms with Gasteiger partial charge in [-0.15, -0.1) is 0 Å². The first kappa shape index (κ1) is 23.6. The fourth-order valence-electron chi connectivity index (χ4n) is 3.17. The average molecular weight is 435 g/mol. The van der Waals surface area contributed by atoms with Gasteiger partial charge in [0.1, 0.15) is 12.1 Å². The van der Waals surface area contributed by atoms with Gasteiger partial charge in [0.15, 0.2) is 0 Å². The number of hydrogen-bond acceptors (Lipinski definition) is 6. The van der Waals surface area contributed by atoms with Crippen LogP contribution in [0.2, 0.25) is 5.02 Å². The van der Waals surface area contributed by atoms with E-state index in [1.165, 1.54) is 0 Å². The number of carboxylic acid groups (broad SMARTS) is 1. The lowest BCUT2D eigenvalue weighted by Gasteiger charge is -2.32. The van der Waals surface area contributed by atoms with E-state index in [0.29, 0.717) is 36.0 Å². The molecule has 1 fully saturated rings. The number of benzene rings is 1. The predicted octanol–water partition coefficient (Wildman–Crippen LogP) is 2.97. The lowest BCUT2D eigenvalue weighted by molar-refractivity contribution is -0.134. The van der Waals surface area contributed by atoms with Gasteiger partial charge in [-0.1, -0.05) is 11.6 Å². The second-order valence-corrected chi connectivity index (χ2v) is 7.31. The Morgan fingerprint density at radius 3 is 2.80 bits per heavy atom. The van der Waals surface area contributed by atoms with Crippen molar-refractivity contribution in [3.8, 4) is 5.75 Å². The van der Waals surface area contributed by atoms with E-state index in [4.69, 9.17) is 32.0 Å². The highest BCUT2D eigenvalue weighted by atomic mass is 35.5. The number of carbonyl (C=O) groups is 2. The molecule has 1 aliphatic rings. The molecule has 1 atom stereocenters. The third-order valence-electron chi connectivity index (χ3n) is 4.51. The van der Waals surface area contributed by atoms with Gasteiger partial charge in [-0.2, -0.15) is 0 Å². The molecule has 2 aromatic rings. The van der Waals surface area contributed by atoms with E-state index in [2.05, 4.69) is 9.97 Å². The van der Waals surface area contributed by atoms with Gasteiger partial charge in [0, 0.05) is 42.8 Å². The molecule has 30 heavy (non-hydrogen) atoms. The summed E-state index contributed by atoms with van der Waals surface area (Å²) >= 11 is 6.08. The van der Waals surface area contributed by atoms with Crippen LogP contribution in [0.1, 0.15) is 48.2 Å². The Balaban J connectivity index is 0.000000735. The van der Waals surface area contributed by atoms with Crippen molar-refractivity contribution in [1.29, 1.82) is 0 Å². The highest BCUT2D eigenvalue weighted by Crippen LogP contribution is 2.29. The largest absolute Gasteiger partial charge is 0.493 e. The molecular formula is C21H27ClN4O4. The normalized spacial score (nSPS) is 15.7. The van der Waals surface area contributed by atoms with E-state index in [0.717, 1.165) is 38.4 Å². The van der Waals surface area contributed by atoms with Gasteiger partial charge in [0.2, 0.25) is 0 Å². The number of rotatable bonds is 6. The zero-order chi connectivity index (χ0) is 21.9. The van der Waals surface area contributed by atoms with Gasteiger partial charge in [-0.05, 0) is 50.1 Å². The minimum Gasteiger partial charge on any atom is -0.493 e. The summed E-state index contributed by atoms with van der Waals surface area (Å²) in [5, 5.41) is 7.96. The van der Waals surface area contributed by atoms with Gasteiger partial charge in [0.05, 0.1) is 12.2 Å². The quantitative estimate of drug-likeness (QED) is 0.670. The Bertz CT molecular complexity index is 831. The first-order valence-electron chi connectivity index (χ1n) is 9.79. The number of likely N-dealkylation sites (tertiary alicyclic amines) is 1. The summed E-state index contributed by atoms with van der Waals surface area (Å²) in [5.74, 6) is -0.132. The van der Waals surface area contributed by atoms with Crippen LogP contribution in [0.25, 0.3) is 0 Å². The van der Waals surface area contributed by atoms with Crippen molar-refractivity contribution in [3.05, 3.63) is 53.1 Å². The fraction of sp³-hybridized carbons (Fsp3) is 0.429. The van der Waals surface area contributed by atoms with E-state index >= 15 is 0 Å². The lowest BCUT2D eigenvalue weighted by atomic mass is 9.94. The lowest BCUT2D eigenvalue weighted by Crippen LogP contribution is -2.39. The van der Waals surface area contributed by atoms with Gasteiger partial charge >= 0.3 is 0 Å². The smallest absolute Gasteiger partial charge is 0.300 e. The van der Waals surface area contributed by atoms with Crippen molar-refractivity contribution in [2.45, 2.75) is 32.1 Å². The minimum atomic E-state index is -0.833. The van der Waals surface area contributed by atoms with Crippen molar-refractivity contribution < 1.29 is 19.4 Å². The maximum absolute atomic E-state index is 13.1. The summed E-state index contributed by atoms with van der Waals surface area (Å²) in [5.41, 5.74) is 7.03. The highest BCUT2D eigenvalue weighted by molar-refractivity contribution is 6.30. The maximum atomic E-state index is 13.1. The number of aromatic nitrogens is 2. The Labute approximate surface area is 181 Å². The monoisotopic (exact) mass is 434 g/mol. The third kappa shape index (κ3) is 7.27. The number of hydrogen-bond donors (Lipinski definition) is 2. The summed E-state index contributed by atoms with van der Waals surface area (Å²) in [6, 6.07) is 7.06. The number of halogens is 1. The molecule has 1 unspecified atom stereocenters. The number of amides is 1. The van der Waals surface area contributed by atoms with E-state index in [1.54, 1.807) is 30.7 Å². The average Bonchev–Trinajstić information content (AvgIpc) is 2.74. The van der Waals surface area contributed by atoms with Crippen LogP contribution < -0.4 is 10.5 Å². The third-order valence-corrected chi connectivity index (χ3v) is 4.75. The van der Waals surface area contributed by atoms with E-state index in [1.807, 2.05) is 11.0 Å². The molecular weight excluding hydrogens is 408 g/mol. The van der Waals surface area contributed by atoms with Crippen LogP contribution >= 0.6 is 11.6 Å². The van der Waals surface area contributed by atoms with Crippen molar-refractivity contribution in [1.82, 2.24) is 14.9 Å². The molecule has 2 heterocycles. The van der Waals surface area contributed by atoms with Crippen molar-refractivity contribution in [2.24, 2.45) is 5.73 Å². The zero-order valence-electron chi connectivity index (χ0n) is 17.0. The van der Waals surface area contributed by atoms with Gasteiger partial charge in [-0.25, -0.2) is 9.97 Å². The molecule has 0 spiro atoms. The molecule has 1 aromatic carbocycles. The van der Waals surface area contributed by atoms with Crippen molar-refractivity contribution in [3.63, 3.8) is 0 Å². The molecule has 1 aromatic heterocycles. The number of nitrogens with zero attached hydrogens (tertiary/aromatic N) is 3. The Hall–Kier alpha value is -2.71. The molecule has 9 heteroatoms. The van der Waals surface area contributed by atoms with Gasteiger partial charge in [0.25, 0.3) is 11.9 Å². The number of nitrogens with two attached hydrogens (primary N) is 1. The first-order chi connectivity index (χ1) is 14.4. The second kappa shape index (κ2) is 12.1. The number of ether oxygens (including phenoxy) is 1. The minimum absolute atomic E-state index is 0.0387. The fourth-order valence-corrected chi connectivity index (χ4v) is 3.34. The molecule has 162 valence electrons. The van der Waals surface area contributed by atoms with Crippen molar-refractivity contribution in [2.75, 3.05) is 26.2 Å². The molecule has 3 N–H and O–H groups in total. The van der Waals surface area contributed by atoms with E-state index < -0.39 is 5.97 Å². The van der Waals surface area contributed by atoms with Crippen LogP contribution in [-0.2, 0) is 4.79 Å². The van der Waals surface area contributed by atoms with E-state index in [-0.39, 0.29) is 11.8 Å². The molecule has 0 bridgehead atoms. The van der Waals surface area contributed by atoms with Gasteiger partial charge in [-0.3, -0.25) is 9.59 Å². The predicted molar refractivity (Wildman–Crippen MR) is 114 cm³/mol. The number of carbonyl (C=O) groups excluding carboxylic acids is 1. The molecule has 1 saturated heterocycles. The summed E-state index contributed by atoms with van der Waals surface area (Å²) in [6.45, 7) is 3.45. The zero-order valence-corrected chi connectivity index (χ0v) is 17.7. The second-order valence-electron chi connectivity index (χ2n) is 6.87. The summed E-state index contributed by atoms with van der Waals surface area (Å²) < 4.78 is 5.75. The number of piperidine rings is 1. The summed E-state index contributed by atoms with van der Waals surface area (Å²) in [7, 11) is 0. The number of carboxylic acids is 1. The van der Waals surface area contributed by atoms with Crippen molar-refractivity contribution >= 4 is 23.5 Å². The molecule has 1 amide bonds. The van der Waals surface area contributed by atoms with Crippen LogP contribution in [0, 0.1) is 0 Å². The Morgan fingerprint density at radius 1 is 1.37 bits per heavy atom. The van der Waals surface area contributed by atoms with E-state index in [9.17, 15) is 4.79 Å². The standard InChI is InChI=1S/C19H23ClN4O2.C2H4O2/c20-15-4-5-16(18(11-15)26-10-2-7-21)19(25)24-9-1-3-14(12-24)17-6-8-22-13-23-17;1-2(3)4/h4-6,8,11,13-14H,1-3,7,9-10,12,21H2;1H3,(H,3,4). The van der Waals surface area contributed by atoms with Crippen LogP contribution in [0.5, 0.6) is 5.75 Å². The SMILES string of the molecule is CC(=O)O.NCCCOc1cc(Cl)ccc1C(=O)N1CCCC(c2ccncn2)C1. The van der Waals surface area contributed by atoms with Crippen LogP contribution in [0.4, 0.5) is 0 Å². The van der Waals surface area contributed by atoms with Crippen LogP contribution in [0.15, 0.2) is 36.8 Å². The Kier molecular flexibility index (Phi) is 9.50. The first-order valence-corrected chi connectivity index (χ1v) is 10.2. The molecule has 0 saturated carbocycles. The maximum Gasteiger partial charge on any atom is 0.300 e.